The second-order valence-electron chi connectivity index (χ2n) is 3.14. The van der Waals surface area contributed by atoms with E-state index in [1.807, 2.05) is 7.05 Å². The molecule has 3 heteroatoms. The highest BCUT2D eigenvalue weighted by Gasteiger charge is 2.05. The van der Waals surface area contributed by atoms with Gasteiger partial charge in [0.05, 0.1) is 17.9 Å². The van der Waals surface area contributed by atoms with Crippen molar-refractivity contribution in [2.45, 2.75) is 19.9 Å². The molecule has 1 rings (SSSR count). The molecule has 3 nitrogen and oxygen atoms in total. The van der Waals surface area contributed by atoms with Gasteiger partial charge in [-0.3, -0.25) is 9.97 Å². The van der Waals surface area contributed by atoms with Crippen LogP contribution in [0, 0.1) is 0 Å². The molecule has 0 fully saturated rings. The third kappa shape index (κ3) is 2.95. The molecular formula is C10H15N3. The Morgan fingerprint density at radius 3 is 2.69 bits per heavy atom. The molecule has 0 saturated heterocycles. The Morgan fingerprint density at radius 2 is 2.23 bits per heavy atom. The van der Waals surface area contributed by atoms with E-state index in [1.165, 1.54) is 5.57 Å². The topological polar surface area (TPSA) is 37.8 Å². The summed E-state index contributed by atoms with van der Waals surface area (Å²) < 4.78 is 0. The van der Waals surface area contributed by atoms with Crippen molar-refractivity contribution in [1.82, 2.24) is 15.3 Å². The van der Waals surface area contributed by atoms with Crippen LogP contribution in [0.5, 0.6) is 0 Å². The summed E-state index contributed by atoms with van der Waals surface area (Å²) in [6.07, 6.45) is 7.29. The predicted molar refractivity (Wildman–Crippen MR) is 53.3 cm³/mol. The van der Waals surface area contributed by atoms with Crippen molar-refractivity contribution in [2.75, 3.05) is 7.05 Å². The molecule has 0 radical (unpaired) electrons. The molecule has 0 amide bonds. The summed E-state index contributed by atoms with van der Waals surface area (Å²) in [5.41, 5.74) is 2.22. The first kappa shape index (κ1) is 9.86. The lowest BCUT2D eigenvalue weighted by Crippen LogP contribution is -2.15. The molecule has 1 aromatic rings. The van der Waals surface area contributed by atoms with Crippen LogP contribution in [-0.4, -0.2) is 17.0 Å². The van der Waals surface area contributed by atoms with Crippen molar-refractivity contribution in [3.8, 4) is 0 Å². The normalized spacial score (nSPS) is 12.2. The number of rotatable bonds is 3. The van der Waals surface area contributed by atoms with Gasteiger partial charge in [-0.05, 0) is 20.9 Å². The predicted octanol–water partition coefficient (Wildman–Crippen LogP) is 1.70. The first-order chi connectivity index (χ1) is 6.24. The zero-order chi connectivity index (χ0) is 9.68. The molecule has 1 aromatic heterocycles. The Hall–Kier alpha value is -1.22. The Bertz CT molecular complexity index is 275. The number of likely N-dealkylation sites (N-methyl/N-ethyl adjacent to an activating group) is 1. The van der Waals surface area contributed by atoms with Gasteiger partial charge in [-0.15, -0.1) is 0 Å². The van der Waals surface area contributed by atoms with Gasteiger partial charge in [-0.1, -0.05) is 11.6 Å². The summed E-state index contributed by atoms with van der Waals surface area (Å²) in [7, 11) is 1.92. The van der Waals surface area contributed by atoms with Gasteiger partial charge >= 0.3 is 0 Å². The molecule has 0 saturated carbocycles. The number of nitrogens with one attached hydrogen (secondary N) is 1. The van der Waals surface area contributed by atoms with E-state index in [1.54, 1.807) is 18.6 Å². The minimum Gasteiger partial charge on any atom is -0.308 e. The summed E-state index contributed by atoms with van der Waals surface area (Å²) in [5, 5.41) is 3.17. The van der Waals surface area contributed by atoms with Gasteiger partial charge in [0.2, 0.25) is 0 Å². The van der Waals surface area contributed by atoms with Crippen LogP contribution < -0.4 is 5.32 Å². The van der Waals surface area contributed by atoms with Gasteiger partial charge in [-0.25, -0.2) is 0 Å². The van der Waals surface area contributed by atoms with Gasteiger partial charge in [0.15, 0.2) is 0 Å². The van der Waals surface area contributed by atoms with Gasteiger partial charge in [0.1, 0.15) is 0 Å². The van der Waals surface area contributed by atoms with Gasteiger partial charge < -0.3 is 5.32 Å². The van der Waals surface area contributed by atoms with Crippen LogP contribution in [0.2, 0.25) is 0 Å². The lowest BCUT2D eigenvalue weighted by molar-refractivity contribution is 0.683. The van der Waals surface area contributed by atoms with E-state index in [0.717, 1.165) is 5.69 Å². The SMILES string of the molecule is CNC(C=C(C)C)c1cnccn1. The van der Waals surface area contributed by atoms with E-state index in [0.29, 0.717) is 0 Å². The van der Waals surface area contributed by atoms with Crippen molar-refractivity contribution < 1.29 is 0 Å². The monoisotopic (exact) mass is 177 g/mol. The maximum Gasteiger partial charge on any atom is 0.0795 e. The maximum absolute atomic E-state index is 4.23. The molecule has 1 N–H and O–H groups in total. The lowest BCUT2D eigenvalue weighted by Gasteiger charge is -2.10. The summed E-state index contributed by atoms with van der Waals surface area (Å²) in [6.45, 7) is 4.14. The van der Waals surface area contributed by atoms with Crippen LogP contribution in [-0.2, 0) is 0 Å². The highest BCUT2D eigenvalue weighted by Crippen LogP contribution is 2.11. The molecule has 13 heavy (non-hydrogen) atoms. The van der Waals surface area contributed by atoms with Gasteiger partial charge in [0, 0.05) is 12.4 Å². The van der Waals surface area contributed by atoms with E-state index in [-0.39, 0.29) is 6.04 Å². The Kier molecular flexibility index (Phi) is 3.58. The maximum atomic E-state index is 4.23. The summed E-state index contributed by atoms with van der Waals surface area (Å²) in [6, 6.07) is 0.165. The highest BCUT2D eigenvalue weighted by molar-refractivity contribution is 5.13. The van der Waals surface area contributed by atoms with Crippen LogP contribution in [0.15, 0.2) is 30.2 Å². The number of hydrogen-bond donors (Lipinski definition) is 1. The quantitative estimate of drug-likeness (QED) is 0.714. The second-order valence-corrected chi connectivity index (χ2v) is 3.14. The van der Waals surface area contributed by atoms with E-state index < -0.39 is 0 Å². The molecule has 1 atom stereocenters. The molecule has 0 aliphatic rings. The third-order valence-electron chi connectivity index (χ3n) is 1.71. The molecule has 0 aliphatic heterocycles. The molecule has 0 spiro atoms. The van der Waals surface area contributed by atoms with Crippen LogP contribution in [0.25, 0.3) is 0 Å². The van der Waals surface area contributed by atoms with E-state index in [4.69, 9.17) is 0 Å². The minimum absolute atomic E-state index is 0.165. The molecule has 0 aliphatic carbocycles. The standard InChI is InChI=1S/C10H15N3/c1-8(2)6-9(11-3)10-7-12-4-5-13-10/h4-7,9,11H,1-3H3. The number of aromatic nitrogens is 2. The molecule has 1 unspecified atom stereocenters. The van der Waals surface area contributed by atoms with E-state index in [2.05, 4.69) is 35.2 Å². The first-order valence-electron chi connectivity index (χ1n) is 4.32. The van der Waals surface area contributed by atoms with Crippen LogP contribution in [0.3, 0.4) is 0 Å². The van der Waals surface area contributed by atoms with Gasteiger partial charge in [0.25, 0.3) is 0 Å². The van der Waals surface area contributed by atoms with Crippen LogP contribution in [0.4, 0.5) is 0 Å². The Labute approximate surface area is 78.9 Å². The molecule has 70 valence electrons. The zero-order valence-electron chi connectivity index (χ0n) is 8.28. The smallest absolute Gasteiger partial charge is 0.0795 e. The largest absolute Gasteiger partial charge is 0.308 e. The van der Waals surface area contributed by atoms with Crippen molar-refractivity contribution in [1.29, 1.82) is 0 Å². The number of nitrogens with zero attached hydrogens (tertiary/aromatic N) is 2. The molecule has 0 bridgehead atoms. The van der Waals surface area contributed by atoms with E-state index in [9.17, 15) is 0 Å². The lowest BCUT2D eigenvalue weighted by atomic mass is 10.1. The fourth-order valence-electron chi connectivity index (χ4n) is 1.12. The minimum atomic E-state index is 0.165. The third-order valence-corrected chi connectivity index (χ3v) is 1.71. The molecule has 1 heterocycles. The first-order valence-corrected chi connectivity index (χ1v) is 4.32. The van der Waals surface area contributed by atoms with Gasteiger partial charge in [-0.2, -0.15) is 0 Å². The number of allylic oxidation sites excluding steroid dienone is 1. The molecule has 0 aromatic carbocycles. The summed E-state index contributed by atoms with van der Waals surface area (Å²) in [4.78, 5) is 8.26. The van der Waals surface area contributed by atoms with Crippen molar-refractivity contribution in [3.05, 3.63) is 35.9 Å². The van der Waals surface area contributed by atoms with E-state index >= 15 is 0 Å². The second kappa shape index (κ2) is 4.72. The summed E-state index contributed by atoms with van der Waals surface area (Å²) >= 11 is 0. The van der Waals surface area contributed by atoms with Crippen LogP contribution >= 0.6 is 0 Å². The fourth-order valence-corrected chi connectivity index (χ4v) is 1.12. The average molecular weight is 177 g/mol. The Morgan fingerprint density at radius 1 is 1.46 bits per heavy atom. The zero-order valence-corrected chi connectivity index (χ0v) is 8.28. The van der Waals surface area contributed by atoms with Crippen molar-refractivity contribution >= 4 is 0 Å². The Balaban J connectivity index is 2.85. The van der Waals surface area contributed by atoms with Crippen molar-refractivity contribution in [3.63, 3.8) is 0 Å². The van der Waals surface area contributed by atoms with Crippen molar-refractivity contribution in [2.24, 2.45) is 0 Å². The fraction of sp³-hybridized carbons (Fsp3) is 0.400. The molecular weight excluding hydrogens is 162 g/mol. The number of hydrogen-bond acceptors (Lipinski definition) is 3. The highest BCUT2D eigenvalue weighted by atomic mass is 14.9. The average Bonchev–Trinajstić information content (AvgIpc) is 2.15. The van der Waals surface area contributed by atoms with Crippen LogP contribution in [0.1, 0.15) is 25.6 Å². The summed E-state index contributed by atoms with van der Waals surface area (Å²) in [5.74, 6) is 0.